The number of fused-ring (bicyclic) bond motifs is 11. The molecule has 2 aliphatic carbocycles. The summed E-state index contributed by atoms with van der Waals surface area (Å²) in [7, 11) is 0. The van der Waals surface area contributed by atoms with E-state index < -0.39 is 0 Å². The van der Waals surface area contributed by atoms with Crippen molar-refractivity contribution in [1.29, 1.82) is 0 Å². The number of allylic oxidation sites excluding steroid dienone is 2. The molecule has 0 saturated carbocycles. The van der Waals surface area contributed by atoms with Crippen molar-refractivity contribution in [1.82, 2.24) is 14.5 Å². The summed E-state index contributed by atoms with van der Waals surface area (Å²) in [4.78, 5) is 10.5. The third-order valence-electron chi connectivity index (χ3n) is 10.3. The third kappa shape index (κ3) is 3.81. The van der Waals surface area contributed by atoms with Gasteiger partial charge < -0.3 is 13.4 Å². The van der Waals surface area contributed by atoms with Gasteiger partial charge in [-0.05, 0) is 41.8 Å². The van der Waals surface area contributed by atoms with E-state index in [0.29, 0.717) is 5.82 Å². The molecule has 232 valence electrons. The van der Waals surface area contributed by atoms with Gasteiger partial charge in [0.1, 0.15) is 22.7 Å². The Balaban J connectivity index is 1.16. The summed E-state index contributed by atoms with van der Waals surface area (Å²) in [6, 6.07) is 38.7. The highest BCUT2D eigenvalue weighted by atomic mass is 16.3. The predicted octanol–water partition coefficient (Wildman–Crippen LogP) is 11.2. The van der Waals surface area contributed by atoms with Gasteiger partial charge >= 0.3 is 0 Å². The maximum atomic E-state index is 6.91. The highest BCUT2D eigenvalue weighted by Crippen LogP contribution is 2.44. The standard InChI is InChI=1S/C44H29N3O2/c1-2-13-27(14-3-1)40-43-41(30-17-7-9-22-36(30)48-43)46-44(45-40)32-19-11-23-37-39(32)31-18-10-21-35(42(31)49-37)47-33-20-8-6-16-29(33)38-28-15-5-4-12-26(28)24-25-34(38)47/h1-8,10,12-21,24-25H,9,11,22-23H2. The van der Waals surface area contributed by atoms with E-state index in [1.165, 1.54) is 21.5 Å². The molecule has 0 radical (unpaired) electrons. The molecule has 9 aromatic rings. The van der Waals surface area contributed by atoms with Crippen LogP contribution in [-0.2, 0) is 12.8 Å². The van der Waals surface area contributed by atoms with E-state index in [-0.39, 0.29) is 0 Å². The Labute approximate surface area is 281 Å². The Hall–Kier alpha value is -6.20. The van der Waals surface area contributed by atoms with Crippen molar-refractivity contribution in [2.24, 2.45) is 0 Å². The lowest BCUT2D eigenvalue weighted by Crippen LogP contribution is -2.04. The van der Waals surface area contributed by atoms with Crippen LogP contribution in [0.4, 0.5) is 0 Å². The van der Waals surface area contributed by atoms with E-state index in [1.807, 2.05) is 18.2 Å². The van der Waals surface area contributed by atoms with Crippen molar-refractivity contribution in [3.8, 4) is 16.9 Å². The smallest absolute Gasteiger partial charge is 0.179 e. The number of nitrogens with zero attached hydrogens (tertiary/aromatic N) is 3. The van der Waals surface area contributed by atoms with Gasteiger partial charge in [0, 0.05) is 51.3 Å². The molecule has 0 saturated heterocycles. The lowest BCUT2D eigenvalue weighted by molar-refractivity contribution is 0.544. The van der Waals surface area contributed by atoms with Crippen LogP contribution in [0.25, 0.3) is 83.2 Å². The molecule has 11 rings (SSSR count). The molecule has 5 aromatic carbocycles. The molecule has 5 nitrogen and oxygen atoms in total. The van der Waals surface area contributed by atoms with E-state index in [2.05, 4.69) is 114 Å². The molecule has 49 heavy (non-hydrogen) atoms. The molecule has 0 spiro atoms. The van der Waals surface area contributed by atoms with Gasteiger partial charge in [0.2, 0.25) is 0 Å². The molecule has 0 atom stereocenters. The molecular formula is C44H29N3O2. The number of aryl methyl sites for hydroxylation is 2. The third-order valence-corrected chi connectivity index (χ3v) is 10.3. The van der Waals surface area contributed by atoms with Gasteiger partial charge in [-0.25, -0.2) is 9.97 Å². The van der Waals surface area contributed by atoms with E-state index >= 15 is 0 Å². The van der Waals surface area contributed by atoms with Crippen LogP contribution in [-0.4, -0.2) is 14.5 Å². The molecule has 0 N–H and O–H groups in total. The average molecular weight is 632 g/mol. The number of rotatable bonds is 3. The second kappa shape index (κ2) is 10.1. The fourth-order valence-electron chi connectivity index (χ4n) is 8.18. The maximum absolute atomic E-state index is 6.91. The number of hydrogen-bond acceptors (Lipinski definition) is 4. The molecule has 0 fully saturated rings. The summed E-state index contributed by atoms with van der Waals surface area (Å²) in [5.41, 5.74) is 10.9. The van der Waals surface area contributed by atoms with Gasteiger partial charge in [0.25, 0.3) is 0 Å². The predicted molar refractivity (Wildman–Crippen MR) is 198 cm³/mol. The van der Waals surface area contributed by atoms with Crippen molar-refractivity contribution in [2.75, 3.05) is 0 Å². The van der Waals surface area contributed by atoms with Gasteiger partial charge in [-0.2, -0.15) is 0 Å². The van der Waals surface area contributed by atoms with Crippen molar-refractivity contribution in [2.45, 2.75) is 25.7 Å². The van der Waals surface area contributed by atoms with Crippen LogP contribution in [0.2, 0.25) is 0 Å². The first-order valence-corrected chi connectivity index (χ1v) is 17.0. The largest absolute Gasteiger partial charge is 0.458 e. The number of aromatic nitrogens is 3. The number of hydrogen-bond donors (Lipinski definition) is 0. The molecule has 0 aliphatic heterocycles. The van der Waals surface area contributed by atoms with Crippen LogP contribution in [0, 0.1) is 0 Å². The van der Waals surface area contributed by atoms with Gasteiger partial charge in [0.15, 0.2) is 17.0 Å². The van der Waals surface area contributed by atoms with E-state index in [9.17, 15) is 0 Å². The second-order valence-electron chi connectivity index (χ2n) is 13.1. The first-order valence-electron chi connectivity index (χ1n) is 17.0. The summed E-state index contributed by atoms with van der Waals surface area (Å²) < 4.78 is 15.8. The Kier molecular flexibility index (Phi) is 5.56. The maximum Gasteiger partial charge on any atom is 0.179 e. The minimum atomic E-state index is 0.700. The van der Waals surface area contributed by atoms with Crippen LogP contribution in [0.15, 0.2) is 130 Å². The average Bonchev–Trinajstić information content (AvgIpc) is 3.84. The number of benzene rings is 5. The molecule has 5 heteroatoms. The van der Waals surface area contributed by atoms with E-state index in [1.54, 1.807) is 0 Å². The summed E-state index contributed by atoms with van der Waals surface area (Å²) in [6.45, 7) is 0. The zero-order valence-corrected chi connectivity index (χ0v) is 26.6. The van der Waals surface area contributed by atoms with Crippen molar-refractivity contribution >= 4 is 66.3 Å². The zero-order chi connectivity index (χ0) is 32.1. The SMILES string of the molecule is C1=Cc2c(oc3c(-c4ccccc4)nc(C4=CCCc5oc6c(-n7c8ccccc8c8c9ccccc9ccc87)cccc6c54)nc23)CC1. The lowest BCUT2D eigenvalue weighted by Gasteiger charge is -2.14. The summed E-state index contributed by atoms with van der Waals surface area (Å²) >= 11 is 0. The van der Waals surface area contributed by atoms with Crippen LogP contribution < -0.4 is 0 Å². The molecule has 0 amide bonds. The normalized spacial score (nSPS) is 14.2. The van der Waals surface area contributed by atoms with Gasteiger partial charge in [-0.3, -0.25) is 0 Å². The lowest BCUT2D eigenvalue weighted by atomic mass is 9.93. The first-order chi connectivity index (χ1) is 24.3. The quantitative estimate of drug-likeness (QED) is 0.195. The molecule has 2 aliphatic rings. The summed E-state index contributed by atoms with van der Waals surface area (Å²) in [6.07, 6.45) is 10.2. The van der Waals surface area contributed by atoms with Crippen molar-refractivity contribution in [3.05, 3.63) is 150 Å². The number of para-hydroxylation sites is 2. The fourth-order valence-corrected chi connectivity index (χ4v) is 8.18. The highest BCUT2D eigenvalue weighted by Gasteiger charge is 2.29. The Morgan fingerprint density at radius 2 is 1.41 bits per heavy atom. The Morgan fingerprint density at radius 1 is 0.612 bits per heavy atom. The van der Waals surface area contributed by atoms with Crippen LogP contribution in [0.1, 0.15) is 41.3 Å². The van der Waals surface area contributed by atoms with Gasteiger partial charge in [-0.15, -0.1) is 0 Å². The van der Waals surface area contributed by atoms with Crippen LogP contribution >= 0.6 is 0 Å². The monoisotopic (exact) mass is 631 g/mol. The van der Waals surface area contributed by atoms with E-state index in [4.69, 9.17) is 18.8 Å². The molecule has 4 heterocycles. The minimum absolute atomic E-state index is 0.700. The molecule has 4 aromatic heterocycles. The second-order valence-corrected chi connectivity index (χ2v) is 13.1. The first kappa shape index (κ1) is 26.8. The van der Waals surface area contributed by atoms with Gasteiger partial charge in [-0.1, -0.05) is 109 Å². The Bertz CT molecular complexity index is 2880. The Morgan fingerprint density at radius 3 is 2.35 bits per heavy atom. The fraction of sp³-hybridized carbons (Fsp3) is 0.0909. The molecule has 0 bridgehead atoms. The number of furan rings is 2. The summed E-state index contributed by atoms with van der Waals surface area (Å²) in [5, 5.41) is 6.06. The van der Waals surface area contributed by atoms with Crippen LogP contribution in [0.3, 0.4) is 0 Å². The molecule has 0 unspecified atom stereocenters. The van der Waals surface area contributed by atoms with Crippen LogP contribution in [0.5, 0.6) is 0 Å². The van der Waals surface area contributed by atoms with E-state index in [0.717, 1.165) is 104 Å². The van der Waals surface area contributed by atoms with Crippen molar-refractivity contribution < 1.29 is 8.83 Å². The highest BCUT2D eigenvalue weighted by molar-refractivity contribution is 6.21. The zero-order valence-electron chi connectivity index (χ0n) is 26.6. The minimum Gasteiger partial charge on any atom is -0.458 e. The summed E-state index contributed by atoms with van der Waals surface area (Å²) in [5.74, 6) is 2.66. The van der Waals surface area contributed by atoms with Gasteiger partial charge in [0.05, 0.1) is 16.7 Å². The topological polar surface area (TPSA) is 57.0 Å². The molecular weight excluding hydrogens is 603 g/mol. The van der Waals surface area contributed by atoms with Crippen molar-refractivity contribution in [3.63, 3.8) is 0 Å².